The molecule has 0 heterocycles. The number of hydrogen-bond acceptors (Lipinski definition) is 5. The highest BCUT2D eigenvalue weighted by atomic mass is 16.6. The predicted octanol–water partition coefficient (Wildman–Crippen LogP) is 1.56. The highest BCUT2D eigenvalue weighted by Gasteiger charge is 2.18. The van der Waals surface area contributed by atoms with E-state index in [0.717, 1.165) is 5.56 Å². The van der Waals surface area contributed by atoms with E-state index in [2.05, 4.69) is 5.32 Å². The molecule has 1 N–H and O–H groups in total. The first kappa shape index (κ1) is 16.9. The summed E-state index contributed by atoms with van der Waals surface area (Å²) in [6.07, 6.45) is 0. The van der Waals surface area contributed by atoms with Crippen molar-refractivity contribution in [1.82, 2.24) is 10.2 Å². The van der Waals surface area contributed by atoms with E-state index < -0.39 is 4.92 Å². The molecule has 21 heavy (non-hydrogen) atoms. The topological polar surface area (TPSA) is 84.7 Å². The molecular formula is C14H21N3O4. The third-order valence-corrected chi connectivity index (χ3v) is 3.12. The van der Waals surface area contributed by atoms with E-state index in [4.69, 9.17) is 4.74 Å². The molecule has 0 radical (unpaired) electrons. The second-order valence-corrected chi connectivity index (χ2v) is 4.98. The van der Waals surface area contributed by atoms with Crippen LogP contribution in [0.1, 0.15) is 19.4 Å². The van der Waals surface area contributed by atoms with Crippen LogP contribution in [0.5, 0.6) is 5.75 Å². The summed E-state index contributed by atoms with van der Waals surface area (Å²) in [7, 11) is 3.45. The minimum atomic E-state index is -0.519. The standard InChI is InChI=1S/C14H21N3O4/c1-10(2)16(4)14(18)9-21-13-7-11(8-15-3)5-6-12(13)17(19)20/h5-7,10,15H,8-9H2,1-4H3. The molecule has 7 nitrogen and oxygen atoms in total. The van der Waals surface area contributed by atoms with Gasteiger partial charge < -0.3 is 15.0 Å². The van der Waals surface area contributed by atoms with Gasteiger partial charge in [0.2, 0.25) is 0 Å². The van der Waals surface area contributed by atoms with Crippen LogP contribution in [0.3, 0.4) is 0 Å². The van der Waals surface area contributed by atoms with E-state index in [-0.39, 0.29) is 30.0 Å². The first-order valence-corrected chi connectivity index (χ1v) is 6.67. The van der Waals surface area contributed by atoms with Crippen molar-refractivity contribution in [2.75, 3.05) is 20.7 Å². The second-order valence-electron chi connectivity index (χ2n) is 4.98. The van der Waals surface area contributed by atoms with Gasteiger partial charge in [0.1, 0.15) is 0 Å². The lowest BCUT2D eigenvalue weighted by molar-refractivity contribution is -0.385. The van der Waals surface area contributed by atoms with E-state index in [0.29, 0.717) is 6.54 Å². The molecule has 0 saturated heterocycles. The lowest BCUT2D eigenvalue weighted by Gasteiger charge is -2.21. The molecule has 1 rings (SSSR count). The van der Waals surface area contributed by atoms with Crippen molar-refractivity contribution in [3.8, 4) is 5.75 Å². The number of nitro groups is 1. The van der Waals surface area contributed by atoms with Gasteiger partial charge in [0.25, 0.3) is 5.91 Å². The van der Waals surface area contributed by atoms with Gasteiger partial charge >= 0.3 is 5.69 Å². The normalized spacial score (nSPS) is 10.5. The number of nitrogens with zero attached hydrogens (tertiary/aromatic N) is 2. The fraction of sp³-hybridized carbons (Fsp3) is 0.500. The number of carbonyl (C=O) groups is 1. The van der Waals surface area contributed by atoms with Gasteiger partial charge in [-0.05, 0) is 32.5 Å². The first-order valence-electron chi connectivity index (χ1n) is 6.67. The highest BCUT2D eigenvalue weighted by molar-refractivity contribution is 5.77. The zero-order chi connectivity index (χ0) is 16.0. The van der Waals surface area contributed by atoms with Gasteiger partial charge in [-0.1, -0.05) is 6.07 Å². The van der Waals surface area contributed by atoms with Crippen molar-refractivity contribution in [3.05, 3.63) is 33.9 Å². The smallest absolute Gasteiger partial charge is 0.310 e. The third-order valence-electron chi connectivity index (χ3n) is 3.12. The summed E-state index contributed by atoms with van der Waals surface area (Å²) in [6.45, 7) is 4.11. The number of hydrogen-bond donors (Lipinski definition) is 1. The number of likely N-dealkylation sites (N-methyl/N-ethyl adjacent to an activating group) is 1. The van der Waals surface area contributed by atoms with Gasteiger partial charge in [0.15, 0.2) is 12.4 Å². The zero-order valence-electron chi connectivity index (χ0n) is 12.8. The molecule has 0 fully saturated rings. The molecule has 1 aromatic carbocycles. The molecule has 1 amide bonds. The number of rotatable bonds is 7. The fourth-order valence-corrected chi connectivity index (χ4v) is 1.67. The highest BCUT2D eigenvalue weighted by Crippen LogP contribution is 2.28. The van der Waals surface area contributed by atoms with Crippen molar-refractivity contribution >= 4 is 11.6 Å². The summed E-state index contributed by atoms with van der Waals surface area (Å²) in [5, 5.41) is 13.9. The monoisotopic (exact) mass is 295 g/mol. The minimum absolute atomic E-state index is 0.0479. The fourth-order valence-electron chi connectivity index (χ4n) is 1.67. The van der Waals surface area contributed by atoms with E-state index in [1.54, 1.807) is 26.2 Å². The number of ether oxygens (including phenoxy) is 1. The van der Waals surface area contributed by atoms with Gasteiger partial charge in [0.05, 0.1) is 4.92 Å². The molecule has 0 unspecified atom stereocenters. The summed E-state index contributed by atoms with van der Waals surface area (Å²) >= 11 is 0. The Morgan fingerprint density at radius 2 is 2.14 bits per heavy atom. The first-order chi connectivity index (χ1) is 9.86. The Bertz CT molecular complexity index is 517. The number of nitrogens with one attached hydrogen (secondary N) is 1. The Kier molecular flexibility index (Phi) is 6.10. The van der Waals surface area contributed by atoms with Crippen molar-refractivity contribution < 1.29 is 14.5 Å². The van der Waals surface area contributed by atoms with Crippen molar-refractivity contribution in [2.24, 2.45) is 0 Å². The summed E-state index contributed by atoms with van der Waals surface area (Å²) in [5.74, 6) is -0.114. The van der Waals surface area contributed by atoms with Crippen LogP contribution in [0, 0.1) is 10.1 Å². The predicted molar refractivity (Wildman–Crippen MR) is 79.3 cm³/mol. The van der Waals surface area contributed by atoms with Crippen molar-refractivity contribution in [3.63, 3.8) is 0 Å². The number of amides is 1. The van der Waals surface area contributed by atoms with Crippen LogP contribution in [0.25, 0.3) is 0 Å². The number of carbonyl (C=O) groups excluding carboxylic acids is 1. The van der Waals surface area contributed by atoms with Crippen LogP contribution in [-0.2, 0) is 11.3 Å². The molecule has 0 aliphatic carbocycles. The maximum absolute atomic E-state index is 11.9. The van der Waals surface area contributed by atoms with Crippen LogP contribution >= 0.6 is 0 Å². The molecule has 0 spiro atoms. The van der Waals surface area contributed by atoms with Crippen LogP contribution in [-0.4, -0.2) is 42.5 Å². The largest absolute Gasteiger partial charge is 0.477 e. The van der Waals surface area contributed by atoms with Gasteiger partial charge in [-0.3, -0.25) is 14.9 Å². The van der Waals surface area contributed by atoms with Crippen LogP contribution in [0.4, 0.5) is 5.69 Å². The van der Waals surface area contributed by atoms with Gasteiger partial charge in [0, 0.05) is 25.7 Å². The lowest BCUT2D eigenvalue weighted by atomic mass is 10.2. The average molecular weight is 295 g/mol. The van der Waals surface area contributed by atoms with E-state index in [1.807, 2.05) is 13.8 Å². The molecular weight excluding hydrogens is 274 g/mol. The molecule has 0 aromatic heterocycles. The number of nitro benzene ring substituents is 1. The molecule has 116 valence electrons. The minimum Gasteiger partial charge on any atom is -0.477 e. The van der Waals surface area contributed by atoms with Gasteiger partial charge in [-0.25, -0.2) is 0 Å². The van der Waals surface area contributed by atoms with Crippen molar-refractivity contribution in [2.45, 2.75) is 26.4 Å². The molecule has 0 aliphatic rings. The van der Waals surface area contributed by atoms with E-state index >= 15 is 0 Å². The third kappa shape index (κ3) is 4.71. The Morgan fingerprint density at radius 3 is 2.67 bits per heavy atom. The van der Waals surface area contributed by atoms with Crippen LogP contribution in [0.15, 0.2) is 18.2 Å². The SMILES string of the molecule is CNCc1ccc([N+](=O)[O-])c(OCC(=O)N(C)C(C)C)c1. The Hall–Kier alpha value is -2.15. The summed E-state index contributed by atoms with van der Waals surface area (Å²) < 4.78 is 5.36. The average Bonchev–Trinajstić information content (AvgIpc) is 2.44. The van der Waals surface area contributed by atoms with E-state index in [9.17, 15) is 14.9 Å². The lowest BCUT2D eigenvalue weighted by Crippen LogP contribution is -2.36. The molecule has 7 heteroatoms. The van der Waals surface area contributed by atoms with Gasteiger partial charge in [-0.2, -0.15) is 0 Å². The molecule has 1 aromatic rings. The molecule has 0 saturated carbocycles. The van der Waals surface area contributed by atoms with Crippen LogP contribution < -0.4 is 10.1 Å². The molecule has 0 aliphatic heterocycles. The number of benzene rings is 1. The maximum atomic E-state index is 11.9. The van der Waals surface area contributed by atoms with Gasteiger partial charge in [-0.15, -0.1) is 0 Å². The Morgan fingerprint density at radius 1 is 1.48 bits per heavy atom. The van der Waals surface area contributed by atoms with E-state index in [1.165, 1.54) is 11.0 Å². The summed E-state index contributed by atoms with van der Waals surface area (Å²) in [4.78, 5) is 23.9. The maximum Gasteiger partial charge on any atom is 0.310 e. The Labute approximate surface area is 124 Å². The zero-order valence-corrected chi connectivity index (χ0v) is 12.8. The second kappa shape index (κ2) is 7.58. The summed E-state index contributed by atoms with van der Waals surface area (Å²) in [6, 6.07) is 4.67. The quantitative estimate of drug-likeness (QED) is 0.609. The summed E-state index contributed by atoms with van der Waals surface area (Å²) in [5.41, 5.74) is 0.706. The molecule has 0 atom stereocenters. The van der Waals surface area contributed by atoms with Crippen molar-refractivity contribution in [1.29, 1.82) is 0 Å². The Balaban J connectivity index is 2.87. The molecule has 0 bridgehead atoms. The van der Waals surface area contributed by atoms with Crippen LogP contribution in [0.2, 0.25) is 0 Å².